The predicted molar refractivity (Wildman–Crippen MR) is 96.9 cm³/mol. The first-order chi connectivity index (χ1) is 11.4. The number of carbonyl (C=O) groups excluding carboxylic acids is 1. The molecule has 1 amide bonds. The zero-order chi connectivity index (χ0) is 17.7. The number of halogens is 1. The molecule has 5 nitrogen and oxygen atoms in total. The molecule has 128 valence electrons. The molecule has 0 bridgehead atoms. The quantitative estimate of drug-likeness (QED) is 0.779. The standard InChI is InChI=1S/C18H21ClN2O3/c1-11(8-12-4-7-16(23-2)17(9-12)24-3)18(22)21-13-5-6-15(20)14(19)10-13/h4-7,9-11H,8,20H2,1-3H3,(H,21,22). The zero-order valence-electron chi connectivity index (χ0n) is 13.9. The molecule has 0 aliphatic rings. The Labute approximate surface area is 146 Å². The van der Waals surface area contributed by atoms with E-state index in [1.165, 1.54) is 0 Å². The maximum Gasteiger partial charge on any atom is 0.227 e. The highest BCUT2D eigenvalue weighted by atomic mass is 35.5. The van der Waals surface area contributed by atoms with Gasteiger partial charge in [0.25, 0.3) is 0 Å². The molecule has 0 aliphatic carbocycles. The molecule has 0 saturated carbocycles. The third-order valence-corrected chi connectivity index (χ3v) is 4.03. The lowest BCUT2D eigenvalue weighted by Gasteiger charge is -2.14. The summed E-state index contributed by atoms with van der Waals surface area (Å²) in [5.74, 6) is 0.993. The van der Waals surface area contributed by atoms with Crippen molar-refractivity contribution in [3.8, 4) is 11.5 Å². The summed E-state index contributed by atoms with van der Waals surface area (Å²) in [4.78, 5) is 12.3. The van der Waals surface area contributed by atoms with E-state index < -0.39 is 0 Å². The van der Waals surface area contributed by atoms with Crippen LogP contribution >= 0.6 is 11.6 Å². The number of nitrogens with two attached hydrogens (primary N) is 1. The fourth-order valence-electron chi connectivity index (χ4n) is 2.32. The van der Waals surface area contributed by atoms with Crippen LogP contribution in [0.3, 0.4) is 0 Å². The predicted octanol–water partition coefficient (Wildman–Crippen LogP) is 3.76. The van der Waals surface area contributed by atoms with Crippen LogP contribution in [0.5, 0.6) is 11.5 Å². The maximum absolute atomic E-state index is 12.3. The average molecular weight is 349 g/mol. The Morgan fingerprint density at radius 2 is 1.88 bits per heavy atom. The summed E-state index contributed by atoms with van der Waals surface area (Å²) in [7, 11) is 3.17. The van der Waals surface area contributed by atoms with E-state index in [1.807, 2.05) is 25.1 Å². The number of amides is 1. The number of nitrogen functional groups attached to an aromatic ring is 1. The van der Waals surface area contributed by atoms with Gasteiger partial charge in [-0.1, -0.05) is 24.6 Å². The molecule has 0 heterocycles. The first kappa shape index (κ1) is 17.9. The Morgan fingerprint density at radius 1 is 1.17 bits per heavy atom. The van der Waals surface area contributed by atoms with E-state index in [0.29, 0.717) is 34.3 Å². The summed E-state index contributed by atoms with van der Waals surface area (Å²) in [6.07, 6.45) is 0.578. The van der Waals surface area contributed by atoms with Crippen molar-refractivity contribution in [2.24, 2.45) is 5.92 Å². The van der Waals surface area contributed by atoms with Gasteiger partial charge in [-0.25, -0.2) is 0 Å². The molecule has 24 heavy (non-hydrogen) atoms. The zero-order valence-corrected chi connectivity index (χ0v) is 14.7. The minimum atomic E-state index is -0.223. The number of hydrogen-bond donors (Lipinski definition) is 2. The van der Waals surface area contributed by atoms with Gasteiger partial charge in [-0.2, -0.15) is 0 Å². The SMILES string of the molecule is COc1ccc(CC(C)C(=O)Nc2ccc(N)c(Cl)c2)cc1OC. The lowest BCUT2D eigenvalue weighted by atomic mass is 10.00. The lowest BCUT2D eigenvalue weighted by Crippen LogP contribution is -2.22. The molecule has 0 saturated heterocycles. The summed E-state index contributed by atoms with van der Waals surface area (Å²) in [5.41, 5.74) is 7.76. The number of benzene rings is 2. The van der Waals surface area contributed by atoms with E-state index in [4.69, 9.17) is 26.8 Å². The monoisotopic (exact) mass is 348 g/mol. The molecule has 2 aromatic carbocycles. The van der Waals surface area contributed by atoms with Crippen LogP contribution in [0.2, 0.25) is 5.02 Å². The van der Waals surface area contributed by atoms with Crippen molar-refractivity contribution >= 4 is 28.9 Å². The number of anilines is 2. The van der Waals surface area contributed by atoms with Crippen LogP contribution in [0.1, 0.15) is 12.5 Å². The van der Waals surface area contributed by atoms with E-state index in [1.54, 1.807) is 32.4 Å². The number of carbonyl (C=O) groups is 1. The van der Waals surface area contributed by atoms with Crippen molar-refractivity contribution in [1.29, 1.82) is 0 Å². The molecule has 1 unspecified atom stereocenters. The Kier molecular flexibility index (Phi) is 5.93. The van der Waals surface area contributed by atoms with Crippen molar-refractivity contribution in [3.05, 3.63) is 47.0 Å². The third kappa shape index (κ3) is 4.32. The molecule has 0 radical (unpaired) electrons. The van der Waals surface area contributed by atoms with E-state index in [2.05, 4.69) is 5.32 Å². The van der Waals surface area contributed by atoms with Crippen molar-refractivity contribution in [1.82, 2.24) is 0 Å². The van der Waals surface area contributed by atoms with Crippen LogP contribution in [0.25, 0.3) is 0 Å². The van der Waals surface area contributed by atoms with Gasteiger partial charge in [0.15, 0.2) is 11.5 Å². The van der Waals surface area contributed by atoms with Gasteiger partial charge in [-0.15, -0.1) is 0 Å². The molecule has 0 aliphatic heterocycles. The fourth-order valence-corrected chi connectivity index (χ4v) is 2.50. The van der Waals surface area contributed by atoms with Crippen molar-refractivity contribution in [3.63, 3.8) is 0 Å². The number of ether oxygens (including phenoxy) is 2. The summed E-state index contributed by atoms with van der Waals surface area (Å²) in [6, 6.07) is 10.7. The molecule has 0 spiro atoms. The molecule has 6 heteroatoms. The van der Waals surface area contributed by atoms with Gasteiger partial charge in [0.2, 0.25) is 5.91 Å². The summed E-state index contributed by atoms with van der Waals surface area (Å²) in [6.45, 7) is 1.87. The molecule has 3 N–H and O–H groups in total. The van der Waals surface area contributed by atoms with Crippen molar-refractivity contribution in [2.75, 3.05) is 25.3 Å². The molecular formula is C18H21ClN2O3. The fraction of sp³-hybridized carbons (Fsp3) is 0.278. The first-order valence-corrected chi connectivity index (χ1v) is 7.89. The highest BCUT2D eigenvalue weighted by Crippen LogP contribution is 2.29. The molecular weight excluding hydrogens is 328 g/mol. The van der Waals surface area contributed by atoms with E-state index in [0.717, 1.165) is 5.56 Å². The topological polar surface area (TPSA) is 73.6 Å². The minimum absolute atomic E-state index is 0.0920. The van der Waals surface area contributed by atoms with Crippen LogP contribution in [-0.2, 0) is 11.2 Å². The number of methoxy groups -OCH3 is 2. The van der Waals surface area contributed by atoms with Crippen molar-refractivity contribution < 1.29 is 14.3 Å². The third-order valence-electron chi connectivity index (χ3n) is 3.71. The Balaban J connectivity index is 2.04. The van der Waals surface area contributed by atoms with E-state index >= 15 is 0 Å². The van der Waals surface area contributed by atoms with Gasteiger partial charge in [0, 0.05) is 11.6 Å². The smallest absolute Gasteiger partial charge is 0.227 e. The van der Waals surface area contributed by atoms with Crippen LogP contribution < -0.4 is 20.5 Å². The molecule has 1 atom stereocenters. The average Bonchev–Trinajstić information content (AvgIpc) is 2.57. The lowest BCUT2D eigenvalue weighted by molar-refractivity contribution is -0.119. The minimum Gasteiger partial charge on any atom is -0.493 e. The van der Waals surface area contributed by atoms with Gasteiger partial charge in [0.05, 0.1) is 24.9 Å². The van der Waals surface area contributed by atoms with Crippen LogP contribution in [0, 0.1) is 5.92 Å². The van der Waals surface area contributed by atoms with Gasteiger partial charge in [0.1, 0.15) is 0 Å². The van der Waals surface area contributed by atoms with Gasteiger partial charge in [-0.05, 0) is 42.3 Å². The maximum atomic E-state index is 12.3. The summed E-state index contributed by atoms with van der Waals surface area (Å²) < 4.78 is 10.5. The number of hydrogen-bond acceptors (Lipinski definition) is 4. The normalized spacial score (nSPS) is 11.7. The Hall–Kier alpha value is -2.40. The second-order valence-electron chi connectivity index (χ2n) is 5.52. The molecule has 0 aromatic heterocycles. The molecule has 2 rings (SSSR count). The second-order valence-corrected chi connectivity index (χ2v) is 5.93. The first-order valence-electron chi connectivity index (χ1n) is 7.51. The number of rotatable bonds is 6. The van der Waals surface area contributed by atoms with Crippen LogP contribution in [-0.4, -0.2) is 20.1 Å². The Bertz CT molecular complexity index is 734. The van der Waals surface area contributed by atoms with E-state index in [-0.39, 0.29) is 11.8 Å². The highest BCUT2D eigenvalue weighted by Gasteiger charge is 2.15. The van der Waals surface area contributed by atoms with Gasteiger partial charge < -0.3 is 20.5 Å². The molecule has 0 fully saturated rings. The van der Waals surface area contributed by atoms with Gasteiger partial charge >= 0.3 is 0 Å². The second kappa shape index (κ2) is 7.93. The van der Waals surface area contributed by atoms with Crippen molar-refractivity contribution in [2.45, 2.75) is 13.3 Å². The molecule has 2 aromatic rings. The van der Waals surface area contributed by atoms with Gasteiger partial charge in [-0.3, -0.25) is 4.79 Å². The largest absolute Gasteiger partial charge is 0.493 e. The summed E-state index contributed by atoms with van der Waals surface area (Å²) in [5, 5.41) is 3.26. The summed E-state index contributed by atoms with van der Waals surface area (Å²) >= 11 is 5.97. The Morgan fingerprint density at radius 3 is 2.50 bits per heavy atom. The van der Waals surface area contributed by atoms with Crippen LogP contribution in [0.4, 0.5) is 11.4 Å². The van der Waals surface area contributed by atoms with Crippen LogP contribution in [0.15, 0.2) is 36.4 Å². The highest BCUT2D eigenvalue weighted by molar-refractivity contribution is 6.33. The number of nitrogens with one attached hydrogen (secondary N) is 1. The van der Waals surface area contributed by atoms with E-state index in [9.17, 15) is 4.79 Å².